The van der Waals surface area contributed by atoms with Gasteiger partial charge in [-0.05, 0) is 37.1 Å². The van der Waals surface area contributed by atoms with Crippen molar-refractivity contribution in [1.82, 2.24) is 0 Å². The molecule has 26 heavy (non-hydrogen) atoms. The monoisotopic (exact) mass is 358 g/mol. The van der Waals surface area contributed by atoms with E-state index in [9.17, 15) is 19.7 Å². The number of hydrogen-bond acceptors (Lipinski definition) is 6. The molecular weight excluding hydrogens is 340 g/mol. The molecule has 1 amide bonds. The minimum absolute atomic E-state index is 0.0851. The minimum Gasteiger partial charge on any atom is -0.481 e. The normalized spacial score (nSPS) is 10.1. The van der Waals surface area contributed by atoms with Crippen molar-refractivity contribution in [3.63, 3.8) is 0 Å². The number of nitrogens with one attached hydrogen (secondary N) is 1. The first-order chi connectivity index (χ1) is 12.4. The summed E-state index contributed by atoms with van der Waals surface area (Å²) in [6, 6.07) is 10.9. The fraction of sp³-hybridized carbons (Fsp3) is 0.222. The predicted molar refractivity (Wildman–Crippen MR) is 94.1 cm³/mol. The molecule has 0 radical (unpaired) electrons. The van der Waals surface area contributed by atoms with Crippen LogP contribution in [0.25, 0.3) is 0 Å². The lowest BCUT2D eigenvalue weighted by atomic mass is 10.1. The van der Waals surface area contributed by atoms with Crippen LogP contribution in [0.2, 0.25) is 0 Å². The van der Waals surface area contributed by atoms with Crippen LogP contribution in [0, 0.1) is 24.0 Å². The van der Waals surface area contributed by atoms with E-state index < -0.39 is 23.4 Å². The maximum atomic E-state index is 11.8. The number of nitrogens with zero attached hydrogens (tertiary/aromatic N) is 1. The van der Waals surface area contributed by atoms with Crippen LogP contribution in [0.4, 0.5) is 11.4 Å². The van der Waals surface area contributed by atoms with E-state index in [2.05, 4.69) is 5.32 Å². The number of hydrogen-bond donors (Lipinski definition) is 1. The number of nitro groups is 1. The zero-order valence-corrected chi connectivity index (χ0v) is 14.4. The first kappa shape index (κ1) is 18.9. The maximum absolute atomic E-state index is 11.8. The third-order valence-electron chi connectivity index (χ3n) is 3.47. The molecule has 0 unspecified atom stereocenters. The Labute approximate surface area is 149 Å². The summed E-state index contributed by atoms with van der Waals surface area (Å²) >= 11 is 0. The first-order valence-corrected chi connectivity index (χ1v) is 7.76. The lowest BCUT2D eigenvalue weighted by molar-refractivity contribution is -0.384. The van der Waals surface area contributed by atoms with Crippen molar-refractivity contribution in [2.75, 3.05) is 18.5 Å². The topological polar surface area (TPSA) is 108 Å². The minimum atomic E-state index is -0.675. The van der Waals surface area contributed by atoms with Crippen LogP contribution in [0.15, 0.2) is 42.5 Å². The summed E-state index contributed by atoms with van der Waals surface area (Å²) < 4.78 is 10.3. The molecule has 0 aromatic heterocycles. The zero-order chi connectivity index (χ0) is 19.1. The highest BCUT2D eigenvalue weighted by molar-refractivity contribution is 5.92. The predicted octanol–water partition coefficient (Wildman–Crippen LogP) is 2.77. The fourth-order valence-electron chi connectivity index (χ4n) is 2.21. The summed E-state index contributed by atoms with van der Waals surface area (Å²) in [5, 5.41) is 13.0. The van der Waals surface area contributed by atoms with Crippen molar-refractivity contribution in [3.05, 3.63) is 63.7 Å². The molecule has 0 spiro atoms. The van der Waals surface area contributed by atoms with Crippen LogP contribution in [0.1, 0.15) is 11.1 Å². The van der Waals surface area contributed by atoms with Gasteiger partial charge in [0.2, 0.25) is 0 Å². The molecule has 0 aliphatic carbocycles. The summed E-state index contributed by atoms with van der Waals surface area (Å²) in [7, 11) is 0. The van der Waals surface area contributed by atoms with Gasteiger partial charge in [-0.25, -0.2) is 4.79 Å². The molecule has 0 fully saturated rings. The zero-order valence-electron chi connectivity index (χ0n) is 14.4. The van der Waals surface area contributed by atoms with Crippen LogP contribution >= 0.6 is 0 Å². The van der Waals surface area contributed by atoms with Crippen molar-refractivity contribution in [2.24, 2.45) is 0 Å². The van der Waals surface area contributed by atoms with Gasteiger partial charge in [-0.2, -0.15) is 0 Å². The number of carbonyl (C=O) groups excluding carboxylic acids is 2. The SMILES string of the molecule is Cc1cccc(C)c1OCC(=O)OCC(=O)Nc1ccc([N+](=O)[O-])cc1. The molecular formula is C18H18N2O6. The van der Waals surface area contributed by atoms with Crippen LogP contribution in [0.5, 0.6) is 5.75 Å². The van der Waals surface area contributed by atoms with Gasteiger partial charge in [0.1, 0.15) is 5.75 Å². The molecule has 0 saturated heterocycles. The molecule has 8 heteroatoms. The Hall–Kier alpha value is -3.42. The highest BCUT2D eigenvalue weighted by Crippen LogP contribution is 2.22. The molecule has 0 heterocycles. The Morgan fingerprint density at radius 2 is 1.65 bits per heavy atom. The van der Waals surface area contributed by atoms with Crippen LogP contribution in [0.3, 0.4) is 0 Å². The second-order valence-electron chi connectivity index (χ2n) is 5.52. The molecule has 0 saturated carbocycles. The first-order valence-electron chi connectivity index (χ1n) is 7.76. The number of non-ortho nitro benzene ring substituents is 1. The Bertz CT molecular complexity index is 797. The quantitative estimate of drug-likeness (QED) is 0.463. The van der Waals surface area contributed by atoms with E-state index in [-0.39, 0.29) is 12.3 Å². The van der Waals surface area contributed by atoms with Gasteiger partial charge in [0.15, 0.2) is 13.2 Å². The number of anilines is 1. The van der Waals surface area contributed by atoms with Crippen molar-refractivity contribution < 1.29 is 24.0 Å². The van der Waals surface area contributed by atoms with Crippen molar-refractivity contribution in [1.29, 1.82) is 0 Å². The lowest BCUT2D eigenvalue weighted by Crippen LogP contribution is -2.23. The summed E-state index contributed by atoms with van der Waals surface area (Å²) in [5.74, 6) is -0.620. The Kier molecular flexibility index (Phi) is 6.26. The second kappa shape index (κ2) is 8.61. The summed E-state index contributed by atoms with van der Waals surface area (Å²) in [5.41, 5.74) is 2.07. The van der Waals surface area contributed by atoms with Crippen LogP contribution in [-0.4, -0.2) is 30.0 Å². The lowest BCUT2D eigenvalue weighted by Gasteiger charge is -2.11. The molecule has 2 aromatic rings. The van der Waals surface area contributed by atoms with E-state index in [4.69, 9.17) is 9.47 Å². The van der Waals surface area contributed by atoms with E-state index >= 15 is 0 Å². The molecule has 2 aromatic carbocycles. The molecule has 0 aliphatic heterocycles. The second-order valence-corrected chi connectivity index (χ2v) is 5.52. The number of para-hydroxylation sites is 1. The van der Waals surface area contributed by atoms with Crippen LogP contribution < -0.4 is 10.1 Å². The van der Waals surface area contributed by atoms with Gasteiger partial charge in [0.05, 0.1) is 4.92 Å². The van der Waals surface area contributed by atoms with E-state index in [1.54, 1.807) is 0 Å². The molecule has 1 N–H and O–H groups in total. The average Bonchev–Trinajstić information content (AvgIpc) is 2.60. The number of amides is 1. The van der Waals surface area contributed by atoms with Gasteiger partial charge in [-0.15, -0.1) is 0 Å². The summed E-state index contributed by atoms with van der Waals surface area (Å²) in [4.78, 5) is 33.5. The third kappa shape index (κ3) is 5.30. The maximum Gasteiger partial charge on any atom is 0.344 e. The van der Waals surface area contributed by atoms with Gasteiger partial charge < -0.3 is 14.8 Å². The van der Waals surface area contributed by atoms with E-state index in [0.29, 0.717) is 11.4 Å². The molecule has 0 atom stereocenters. The molecule has 0 aliphatic rings. The number of carbonyl (C=O) groups is 2. The fourth-order valence-corrected chi connectivity index (χ4v) is 2.21. The number of esters is 1. The van der Waals surface area contributed by atoms with Crippen molar-refractivity contribution >= 4 is 23.3 Å². The van der Waals surface area contributed by atoms with Gasteiger partial charge in [0, 0.05) is 17.8 Å². The van der Waals surface area contributed by atoms with Gasteiger partial charge in [0.25, 0.3) is 11.6 Å². The molecule has 2 rings (SSSR count). The Morgan fingerprint density at radius 1 is 1.04 bits per heavy atom. The Balaban J connectivity index is 1.78. The van der Waals surface area contributed by atoms with Crippen molar-refractivity contribution in [2.45, 2.75) is 13.8 Å². The van der Waals surface area contributed by atoms with Crippen LogP contribution in [-0.2, 0) is 14.3 Å². The van der Waals surface area contributed by atoms with Gasteiger partial charge in [-0.1, -0.05) is 18.2 Å². The number of nitro benzene ring substituents is 1. The molecule has 136 valence electrons. The smallest absolute Gasteiger partial charge is 0.344 e. The highest BCUT2D eigenvalue weighted by atomic mass is 16.6. The Morgan fingerprint density at radius 3 is 2.23 bits per heavy atom. The van der Waals surface area contributed by atoms with E-state index in [1.807, 2.05) is 32.0 Å². The molecule has 8 nitrogen and oxygen atoms in total. The highest BCUT2D eigenvalue weighted by Gasteiger charge is 2.11. The number of rotatable bonds is 7. The van der Waals surface area contributed by atoms with E-state index in [0.717, 1.165) is 11.1 Å². The third-order valence-corrected chi connectivity index (χ3v) is 3.47. The summed E-state index contributed by atoms with van der Waals surface area (Å²) in [6.45, 7) is 2.94. The van der Waals surface area contributed by atoms with Gasteiger partial charge >= 0.3 is 5.97 Å². The number of aryl methyl sites for hydroxylation is 2. The average molecular weight is 358 g/mol. The number of ether oxygens (including phenoxy) is 2. The standard InChI is InChI=1S/C18H18N2O6/c1-12-4-3-5-13(2)18(12)26-11-17(22)25-10-16(21)19-14-6-8-15(9-7-14)20(23)24/h3-9H,10-11H2,1-2H3,(H,19,21). The molecule has 0 bridgehead atoms. The number of benzene rings is 2. The largest absolute Gasteiger partial charge is 0.481 e. The van der Waals surface area contributed by atoms with Crippen molar-refractivity contribution in [3.8, 4) is 5.75 Å². The van der Waals surface area contributed by atoms with Gasteiger partial charge in [-0.3, -0.25) is 14.9 Å². The van der Waals surface area contributed by atoms with E-state index in [1.165, 1.54) is 24.3 Å². The summed E-state index contributed by atoms with van der Waals surface area (Å²) in [6.07, 6.45) is 0.